The van der Waals surface area contributed by atoms with Crippen LogP contribution in [0.4, 0.5) is 4.79 Å². The highest BCUT2D eigenvalue weighted by atomic mass is 16.6. The lowest BCUT2D eigenvalue weighted by Gasteiger charge is -2.46. The van der Waals surface area contributed by atoms with Gasteiger partial charge in [0.25, 0.3) is 0 Å². The molecule has 2 saturated heterocycles. The molecule has 1 amide bonds. The third kappa shape index (κ3) is 4.64. The van der Waals surface area contributed by atoms with Gasteiger partial charge in [-0.15, -0.1) is 5.92 Å². The van der Waals surface area contributed by atoms with Gasteiger partial charge in [0.1, 0.15) is 5.60 Å². The van der Waals surface area contributed by atoms with Gasteiger partial charge in [-0.3, -0.25) is 4.90 Å². The summed E-state index contributed by atoms with van der Waals surface area (Å²) in [4.78, 5) is 16.5. The lowest BCUT2D eigenvalue weighted by atomic mass is 9.71. The Morgan fingerprint density at radius 2 is 1.64 bits per heavy atom. The fourth-order valence-corrected chi connectivity index (χ4v) is 3.37. The van der Waals surface area contributed by atoms with Crippen molar-refractivity contribution in [3.63, 3.8) is 0 Å². The van der Waals surface area contributed by atoms with Gasteiger partial charge >= 0.3 is 6.09 Å². The summed E-state index contributed by atoms with van der Waals surface area (Å²) < 4.78 is 5.48. The molecular weight excluding hydrogens is 276 g/mol. The van der Waals surface area contributed by atoms with Gasteiger partial charge in [-0.1, -0.05) is 5.92 Å². The third-order valence-electron chi connectivity index (χ3n) is 4.87. The van der Waals surface area contributed by atoms with Gasteiger partial charge in [-0.05, 0) is 71.9 Å². The van der Waals surface area contributed by atoms with Crippen molar-refractivity contribution in [3.8, 4) is 11.8 Å². The maximum atomic E-state index is 12.1. The van der Waals surface area contributed by atoms with Crippen LogP contribution in [0.1, 0.15) is 53.4 Å². The summed E-state index contributed by atoms with van der Waals surface area (Å²) in [5.41, 5.74) is 0.0343. The first-order chi connectivity index (χ1) is 10.3. The van der Waals surface area contributed by atoms with Crippen LogP contribution in [0.25, 0.3) is 0 Å². The molecule has 0 aromatic heterocycles. The maximum absolute atomic E-state index is 12.1. The Balaban J connectivity index is 1.80. The van der Waals surface area contributed by atoms with Crippen molar-refractivity contribution >= 4 is 6.09 Å². The maximum Gasteiger partial charge on any atom is 0.410 e. The molecule has 2 fully saturated rings. The van der Waals surface area contributed by atoms with E-state index in [-0.39, 0.29) is 6.09 Å². The number of piperidine rings is 2. The van der Waals surface area contributed by atoms with Crippen LogP contribution in [0.3, 0.4) is 0 Å². The molecular formula is C18H30N2O2. The number of ether oxygens (including phenoxy) is 1. The molecule has 124 valence electrons. The molecule has 0 radical (unpaired) electrons. The first-order valence-corrected chi connectivity index (χ1v) is 8.43. The smallest absolute Gasteiger partial charge is 0.410 e. The number of hydrogen-bond donors (Lipinski definition) is 0. The zero-order chi connectivity index (χ0) is 16.2. The molecule has 0 bridgehead atoms. The van der Waals surface area contributed by atoms with Crippen LogP contribution in [-0.2, 0) is 4.74 Å². The van der Waals surface area contributed by atoms with Gasteiger partial charge in [0.05, 0.1) is 6.54 Å². The molecule has 2 heterocycles. The average molecular weight is 306 g/mol. The molecule has 0 aromatic rings. The summed E-state index contributed by atoms with van der Waals surface area (Å²) in [5, 5.41) is 0. The molecule has 0 N–H and O–H groups in total. The fourth-order valence-electron chi connectivity index (χ4n) is 3.37. The van der Waals surface area contributed by atoms with Crippen molar-refractivity contribution < 1.29 is 9.53 Å². The summed E-state index contributed by atoms with van der Waals surface area (Å²) in [7, 11) is 0. The second kappa shape index (κ2) is 6.91. The van der Waals surface area contributed by atoms with Crippen molar-refractivity contribution in [3.05, 3.63) is 0 Å². The van der Waals surface area contributed by atoms with Crippen LogP contribution in [0.15, 0.2) is 0 Å². The quantitative estimate of drug-likeness (QED) is 0.698. The standard InChI is InChI=1S/C18H30N2O2/c1-5-6-11-19-12-7-18(8-13-19)9-14-20(15-10-18)16(21)22-17(2,3)4/h7-15H2,1-4H3. The van der Waals surface area contributed by atoms with E-state index in [0.717, 1.165) is 45.6 Å². The highest BCUT2D eigenvalue weighted by molar-refractivity contribution is 5.68. The molecule has 0 unspecified atom stereocenters. The molecule has 2 aliphatic heterocycles. The van der Waals surface area contributed by atoms with Crippen molar-refractivity contribution in [2.24, 2.45) is 5.41 Å². The Kier molecular flexibility index (Phi) is 5.39. The zero-order valence-electron chi connectivity index (χ0n) is 14.6. The van der Waals surface area contributed by atoms with Gasteiger partial charge in [0.15, 0.2) is 0 Å². The fraction of sp³-hybridized carbons (Fsp3) is 0.833. The predicted molar refractivity (Wildman–Crippen MR) is 88.6 cm³/mol. The van der Waals surface area contributed by atoms with E-state index < -0.39 is 5.60 Å². The molecule has 4 nitrogen and oxygen atoms in total. The second-order valence-electron chi connectivity index (χ2n) is 7.67. The Labute approximate surface area is 135 Å². The lowest BCUT2D eigenvalue weighted by Crippen LogP contribution is -2.49. The van der Waals surface area contributed by atoms with E-state index in [1.807, 2.05) is 32.6 Å². The van der Waals surface area contributed by atoms with Gasteiger partial charge in [-0.25, -0.2) is 4.79 Å². The second-order valence-corrected chi connectivity index (χ2v) is 7.67. The minimum Gasteiger partial charge on any atom is -0.444 e. The van der Waals surface area contributed by atoms with E-state index in [4.69, 9.17) is 4.74 Å². The summed E-state index contributed by atoms with van der Waals surface area (Å²) in [6.45, 7) is 12.5. The van der Waals surface area contributed by atoms with Crippen molar-refractivity contribution in [2.75, 3.05) is 32.7 Å². The van der Waals surface area contributed by atoms with Crippen LogP contribution in [0.2, 0.25) is 0 Å². The van der Waals surface area contributed by atoms with Crippen molar-refractivity contribution in [2.45, 2.75) is 59.0 Å². The Hall–Kier alpha value is -1.21. The molecule has 4 heteroatoms. The monoisotopic (exact) mass is 306 g/mol. The van der Waals surface area contributed by atoms with E-state index in [9.17, 15) is 4.79 Å². The van der Waals surface area contributed by atoms with Crippen molar-refractivity contribution in [1.82, 2.24) is 9.80 Å². The van der Waals surface area contributed by atoms with Gasteiger partial charge in [-0.2, -0.15) is 0 Å². The zero-order valence-corrected chi connectivity index (χ0v) is 14.6. The Morgan fingerprint density at radius 1 is 1.09 bits per heavy atom. The van der Waals surface area contributed by atoms with Crippen molar-refractivity contribution in [1.29, 1.82) is 0 Å². The largest absolute Gasteiger partial charge is 0.444 e. The topological polar surface area (TPSA) is 32.8 Å². The number of carbonyl (C=O) groups excluding carboxylic acids is 1. The predicted octanol–water partition coefficient (Wildman–Crippen LogP) is 3.12. The normalized spacial score (nSPS) is 22.1. The summed E-state index contributed by atoms with van der Waals surface area (Å²) in [6, 6.07) is 0. The SMILES string of the molecule is CC#CCN1CCC2(CC1)CCN(C(=O)OC(C)(C)C)CC2. The van der Waals surface area contributed by atoms with Crippen LogP contribution in [-0.4, -0.2) is 54.2 Å². The van der Waals surface area contributed by atoms with Crippen LogP contribution in [0, 0.1) is 17.3 Å². The number of hydrogen-bond acceptors (Lipinski definition) is 3. The molecule has 2 rings (SSSR count). The molecule has 0 saturated carbocycles. The minimum atomic E-state index is -0.405. The molecule has 1 spiro atoms. The highest BCUT2D eigenvalue weighted by Gasteiger charge is 2.39. The first-order valence-electron chi connectivity index (χ1n) is 8.43. The van der Waals surface area contributed by atoms with Crippen LogP contribution in [0.5, 0.6) is 0 Å². The van der Waals surface area contributed by atoms with E-state index in [1.165, 1.54) is 12.8 Å². The number of carbonyl (C=O) groups is 1. The summed E-state index contributed by atoms with van der Waals surface area (Å²) in [5.74, 6) is 6.13. The molecule has 0 atom stereocenters. The molecule has 0 aliphatic carbocycles. The van der Waals surface area contributed by atoms with E-state index in [1.54, 1.807) is 0 Å². The van der Waals surface area contributed by atoms with E-state index in [0.29, 0.717) is 5.41 Å². The minimum absolute atomic E-state index is 0.155. The Morgan fingerprint density at radius 3 is 2.14 bits per heavy atom. The van der Waals surface area contributed by atoms with E-state index >= 15 is 0 Å². The van der Waals surface area contributed by atoms with Gasteiger partial charge in [0.2, 0.25) is 0 Å². The summed E-state index contributed by atoms with van der Waals surface area (Å²) >= 11 is 0. The first kappa shape index (κ1) is 17.1. The number of nitrogens with zero attached hydrogens (tertiary/aromatic N) is 2. The van der Waals surface area contributed by atoms with Crippen LogP contribution < -0.4 is 0 Å². The van der Waals surface area contributed by atoms with Crippen LogP contribution >= 0.6 is 0 Å². The number of amides is 1. The van der Waals surface area contributed by atoms with Gasteiger partial charge in [0, 0.05) is 13.1 Å². The molecule has 2 aliphatic rings. The lowest BCUT2D eigenvalue weighted by molar-refractivity contribution is -0.00132. The molecule has 22 heavy (non-hydrogen) atoms. The number of likely N-dealkylation sites (tertiary alicyclic amines) is 2. The van der Waals surface area contributed by atoms with Gasteiger partial charge < -0.3 is 9.64 Å². The van der Waals surface area contributed by atoms with E-state index in [2.05, 4.69) is 16.7 Å². The molecule has 0 aromatic carbocycles. The highest BCUT2D eigenvalue weighted by Crippen LogP contribution is 2.41. The number of rotatable bonds is 1. The Bertz CT molecular complexity index is 438. The third-order valence-corrected chi connectivity index (χ3v) is 4.87. The average Bonchev–Trinajstić information content (AvgIpc) is 2.46. The summed E-state index contributed by atoms with van der Waals surface area (Å²) in [6.07, 6.45) is 4.54.